The van der Waals surface area contributed by atoms with E-state index in [1.54, 1.807) is 0 Å². The fraction of sp³-hybridized carbons (Fsp3) is 0.424. The van der Waals surface area contributed by atoms with Gasteiger partial charge in [-0.1, -0.05) is 32.9 Å². The minimum Gasteiger partial charge on any atom is -0.489 e. The fourth-order valence-corrected chi connectivity index (χ4v) is 6.93. The first kappa shape index (κ1) is 29.9. The lowest BCUT2D eigenvalue weighted by Crippen LogP contribution is -2.32. The molecule has 1 aliphatic rings. The molecule has 0 bridgehead atoms. The zero-order valence-corrected chi connectivity index (χ0v) is 26.5. The van der Waals surface area contributed by atoms with Crippen LogP contribution in [0.25, 0.3) is 11.0 Å². The molecule has 2 aromatic heterocycles. The molecule has 224 valence electrons. The molecule has 0 amide bonds. The minimum atomic E-state index is -2.51. The number of anilines is 4. The van der Waals surface area contributed by atoms with Gasteiger partial charge < -0.3 is 25.3 Å². The predicted molar refractivity (Wildman–Crippen MR) is 177 cm³/mol. The maximum Gasteiger partial charge on any atom is 0.231 e. The molecule has 9 heteroatoms. The number of nitrogens with one attached hydrogen (secondary N) is 3. The van der Waals surface area contributed by atoms with Crippen LogP contribution >= 0.6 is 0 Å². The van der Waals surface area contributed by atoms with E-state index in [-0.39, 0.29) is 11.4 Å². The number of aromatic nitrogens is 3. The SMILES string of the molecule is C=S(=O)(c1ccccc1Nc1nc(Nc2cc(C)c(C3CCN(CC)CC3)cc2OC(C)C)nc2[nH]ccc12)C(C)C. The van der Waals surface area contributed by atoms with Crippen molar-refractivity contribution in [2.45, 2.75) is 76.6 Å². The minimum absolute atomic E-state index is 0.0158. The summed E-state index contributed by atoms with van der Waals surface area (Å²) in [4.78, 5) is 16.1. The summed E-state index contributed by atoms with van der Waals surface area (Å²) in [5.41, 5.74) is 4.82. The van der Waals surface area contributed by atoms with E-state index in [2.05, 4.69) is 52.4 Å². The smallest absolute Gasteiger partial charge is 0.231 e. The van der Waals surface area contributed by atoms with Crippen molar-refractivity contribution in [3.05, 3.63) is 59.8 Å². The molecule has 1 fully saturated rings. The summed E-state index contributed by atoms with van der Waals surface area (Å²) >= 11 is 0. The van der Waals surface area contributed by atoms with Gasteiger partial charge >= 0.3 is 0 Å². The number of para-hydroxylation sites is 1. The van der Waals surface area contributed by atoms with Crippen LogP contribution in [0, 0.1) is 6.92 Å². The highest BCUT2D eigenvalue weighted by Gasteiger charge is 2.24. The highest BCUT2D eigenvalue weighted by atomic mass is 32.2. The third-order valence-electron chi connectivity index (χ3n) is 8.14. The summed E-state index contributed by atoms with van der Waals surface area (Å²) in [7, 11) is -2.51. The van der Waals surface area contributed by atoms with Crippen LogP contribution in [0.1, 0.15) is 64.5 Å². The molecule has 8 nitrogen and oxygen atoms in total. The molecule has 3 heterocycles. The van der Waals surface area contributed by atoms with Gasteiger partial charge in [-0.05, 0) is 106 Å². The number of nitrogens with zero attached hydrogens (tertiary/aromatic N) is 3. The van der Waals surface area contributed by atoms with Gasteiger partial charge in [0.1, 0.15) is 17.2 Å². The average molecular weight is 589 g/mol. The van der Waals surface area contributed by atoms with Gasteiger partial charge in [0.2, 0.25) is 5.95 Å². The van der Waals surface area contributed by atoms with Gasteiger partial charge in [0.05, 0.1) is 27.8 Å². The van der Waals surface area contributed by atoms with Crippen LogP contribution in [0.3, 0.4) is 0 Å². The molecule has 1 atom stereocenters. The van der Waals surface area contributed by atoms with Gasteiger partial charge in [0.25, 0.3) is 0 Å². The normalized spacial score (nSPS) is 16.2. The Kier molecular flexibility index (Phi) is 8.80. The van der Waals surface area contributed by atoms with Crippen molar-refractivity contribution >= 4 is 49.6 Å². The molecule has 1 aliphatic heterocycles. The Morgan fingerprint density at radius 3 is 2.50 bits per heavy atom. The number of ether oxygens (including phenoxy) is 1. The molecule has 1 saturated heterocycles. The zero-order valence-electron chi connectivity index (χ0n) is 25.7. The summed E-state index contributed by atoms with van der Waals surface area (Å²) in [5.74, 6) is 6.44. The highest BCUT2D eigenvalue weighted by molar-refractivity contribution is 8.01. The van der Waals surface area contributed by atoms with Gasteiger partial charge in [-0.25, -0.2) is 0 Å². The fourth-order valence-electron chi connectivity index (χ4n) is 5.62. The van der Waals surface area contributed by atoms with Crippen molar-refractivity contribution in [3.8, 4) is 5.75 Å². The Morgan fingerprint density at radius 2 is 1.81 bits per heavy atom. The number of benzene rings is 2. The number of aryl methyl sites for hydroxylation is 1. The first-order chi connectivity index (χ1) is 20.1. The van der Waals surface area contributed by atoms with Crippen LogP contribution in [0.4, 0.5) is 23.1 Å². The molecule has 1 unspecified atom stereocenters. The molecule has 0 radical (unpaired) electrons. The summed E-state index contributed by atoms with van der Waals surface area (Å²) < 4.78 is 19.9. The molecule has 0 aliphatic carbocycles. The van der Waals surface area contributed by atoms with Crippen LogP contribution < -0.4 is 15.4 Å². The number of aromatic amines is 1. The first-order valence-electron chi connectivity index (χ1n) is 14.9. The maximum absolute atomic E-state index is 13.5. The third kappa shape index (κ3) is 6.27. The molecule has 3 N–H and O–H groups in total. The van der Waals surface area contributed by atoms with E-state index in [9.17, 15) is 4.21 Å². The Morgan fingerprint density at radius 1 is 1.07 bits per heavy atom. The lowest BCUT2D eigenvalue weighted by molar-refractivity contribution is 0.221. The lowest BCUT2D eigenvalue weighted by Gasteiger charge is -2.32. The number of piperidine rings is 1. The van der Waals surface area contributed by atoms with Crippen LogP contribution in [-0.4, -0.2) is 60.9 Å². The standard InChI is InChI=1S/C33H44N6O2S/c1-8-39-17-14-24(15-18-39)26-20-29(41-21(2)3)28(19-23(26)6)36-33-37-31-25(13-16-34-31)32(38-33)35-27-11-9-10-12-30(27)42(7,40)22(4)5/h9-13,16,19-22,24H,7-8,14-15,17-18H2,1-6H3,(H3,34,35,36,37,38). The van der Waals surface area contributed by atoms with E-state index in [0.717, 1.165) is 55.0 Å². The van der Waals surface area contributed by atoms with Crippen LogP contribution in [-0.2, 0) is 9.52 Å². The summed E-state index contributed by atoms with van der Waals surface area (Å²) in [6.07, 6.45) is 4.17. The lowest BCUT2D eigenvalue weighted by atomic mass is 9.86. The Hall–Kier alpha value is -3.56. The summed E-state index contributed by atoms with van der Waals surface area (Å²) in [6, 6.07) is 13.9. The molecule has 0 spiro atoms. The van der Waals surface area contributed by atoms with Crippen molar-refractivity contribution in [1.82, 2.24) is 19.9 Å². The van der Waals surface area contributed by atoms with Crippen LogP contribution in [0.5, 0.6) is 5.75 Å². The van der Waals surface area contributed by atoms with Gasteiger partial charge in [-0.3, -0.25) is 4.21 Å². The topological polar surface area (TPSA) is 95.2 Å². The molecule has 42 heavy (non-hydrogen) atoms. The summed E-state index contributed by atoms with van der Waals surface area (Å²) in [6.45, 7) is 15.7. The van der Waals surface area contributed by atoms with Crippen molar-refractivity contribution in [2.24, 2.45) is 0 Å². The molecule has 0 saturated carbocycles. The Labute approximate surface area is 250 Å². The number of fused-ring (bicyclic) bond motifs is 1. The van der Waals surface area contributed by atoms with Gasteiger partial charge in [-0.2, -0.15) is 9.97 Å². The second-order valence-corrected chi connectivity index (χ2v) is 14.6. The Balaban J connectivity index is 1.50. The van der Waals surface area contributed by atoms with E-state index in [4.69, 9.17) is 14.7 Å². The van der Waals surface area contributed by atoms with E-state index in [0.29, 0.717) is 28.2 Å². The maximum atomic E-state index is 13.5. The van der Waals surface area contributed by atoms with Crippen LogP contribution in [0.2, 0.25) is 0 Å². The van der Waals surface area contributed by atoms with E-state index >= 15 is 0 Å². The molecule has 5 rings (SSSR count). The molecular weight excluding hydrogens is 544 g/mol. The number of rotatable bonds is 10. The van der Waals surface area contributed by atoms with Crippen molar-refractivity contribution < 1.29 is 8.95 Å². The van der Waals surface area contributed by atoms with E-state index in [1.165, 1.54) is 11.1 Å². The predicted octanol–water partition coefficient (Wildman–Crippen LogP) is 7.22. The van der Waals surface area contributed by atoms with Gasteiger partial charge in [0.15, 0.2) is 0 Å². The quantitative estimate of drug-likeness (QED) is 0.168. The van der Waals surface area contributed by atoms with Gasteiger partial charge in [0, 0.05) is 21.0 Å². The largest absolute Gasteiger partial charge is 0.489 e. The number of hydrogen-bond donors (Lipinski definition) is 3. The second-order valence-electron chi connectivity index (χ2n) is 11.7. The van der Waals surface area contributed by atoms with Crippen molar-refractivity contribution in [1.29, 1.82) is 0 Å². The monoisotopic (exact) mass is 588 g/mol. The van der Waals surface area contributed by atoms with Gasteiger partial charge in [-0.15, -0.1) is 0 Å². The summed E-state index contributed by atoms with van der Waals surface area (Å²) in [5, 5.41) is 7.62. The molecule has 4 aromatic rings. The van der Waals surface area contributed by atoms with E-state index in [1.807, 2.05) is 64.2 Å². The number of likely N-dealkylation sites (tertiary alicyclic amines) is 1. The molecule has 2 aromatic carbocycles. The number of H-pyrrole nitrogens is 1. The van der Waals surface area contributed by atoms with E-state index < -0.39 is 9.52 Å². The van der Waals surface area contributed by atoms with Crippen molar-refractivity contribution in [2.75, 3.05) is 30.3 Å². The average Bonchev–Trinajstić information content (AvgIpc) is 3.43. The third-order valence-corrected chi connectivity index (χ3v) is 10.8. The van der Waals surface area contributed by atoms with Crippen molar-refractivity contribution in [3.63, 3.8) is 0 Å². The highest BCUT2D eigenvalue weighted by Crippen LogP contribution is 2.38. The van der Waals surface area contributed by atoms with Crippen LogP contribution in [0.15, 0.2) is 53.6 Å². The Bertz CT molecular complexity index is 1650. The molecular formula is C33H44N6O2S. The second kappa shape index (κ2) is 12.4. The zero-order chi connectivity index (χ0) is 30.0. The number of hydrogen-bond acceptors (Lipinski definition) is 7. The first-order valence-corrected chi connectivity index (χ1v) is 16.7.